The molecule has 0 saturated carbocycles. The van der Waals surface area contributed by atoms with Crippen molar-refractivity contribution in [3.63, 3.8) is 0 Å². The number of rotatable bonds is 8. The maximum Gasteiger partial charge on any atom is 0.245 e. The summed E-state index contributed by atoms with van der Waals surface area (Å²) >= 11 is 1.64. The predicted octanol–water partition coefficient (Wildman–Crippen LogP) is 3.89. The maximum atomic E-state index is 12.9. The van der Waals surface area contributed by atoms with Gasteiger partial charge in [0, 0.05) is 35.8 Å². The van der Waals surface area contributed by atoms with Crippen molar-refractivity contribution < 1.29 is 9.59 Å². The molecule has 0 bridgehead atoms. The van der Waals surface area contributed by atoms with Gasteiger partial charge >= 0.3 is 0 Å². The highest BCUT2D eigenvalue weighted by molar-refractivity contribution is 7.09. The molecule has 0 spiro atoms. The Hall–Kier alpha value is -2.60. The van der Waals surface area contributed by atoms with Gasteiger partial charge in [-0.1, -0.05) is 12.1 Å². The summed E-state index contributed by atoms with van der Waals surface area (Å²) in [6.45, 7) is 7.51. The van der Waals surface area contributed by atoms with Crippen molar-refractivity contribution in [3.05, 3.63) is 59.3 Å². The fourth-order valence-corrected chi connectivity index (χ4v) is 3.94. The van der Waals surface area contributed by atoms with Crippen LogP contribution >= 0.6 is 11.3 Å². The number of amides is 2. The first-order chi connectivity index (χ1) is 13.1. The van der Waals surface area contributed by atoms with Gasteiger partial charge in [-0.05, 0) is 49.1 Å². The van der Waals surface area contributed by atoms with Crippen LogP contribution < -0.4 is 10.2 Å². The van der Waals surface area contributed by atoms with Gasteiger partial charge in [0.05, 0.1) is 6.54 Å². The number of hydrogen-bond donors (Lipinski definition) is 1. The summed E-state index contributed by atoms with van der Waals surface area (Å²) < 4.78 is 0. The van der Waals surface area contributed by atoms with E-state index in [4.69, 9.17) is 0 Å². The lowest BCUT2D eigenvalue weighted by Gasteiger charge is -2.25. The molecule has 5 nitrogen and oxygen atoms in total. The summed E-state index contributed by atoms with van der Waals surface area (Å²) in [6.07, 6.45) is 3.28. The van der Waals surface area contributed by atoms with E-state index in [0.29, 0.717) is 19.5 Å². The molecule has 1 aliphatic heterocycles. The Morgan fingerprint density at radius 3 is 2.74 bits per heavy atom. The monoisotopic (exact) mass is 383 g/mol. The van der Waals surface area contributed by atoms with E-state index in [-0.39, 0.29) is 17.9 Å². The van der Waals surface area contributed by atoms with Gasteiger partial charge in [-0.2, -0.15) is 0 Å². The fourth-order valence-electron chi connectivity index (χ4n) is 3.22. The number of benzene rings is 1. The first-order valence-corrected chi connectivity index (χ1v) is 10.1. The van der Waals surface area contributed by atoms with Gasteiger partial charge < -0.3 is 15.1 Å². The van der Waals surface area contributed by atoms with Gasteiger partial charge in [0.25, 0.3) is 0 Å². The van der Waals surface area contributed by atoms with Gasteiger partial charge in [-0.25, -0.2) is 0 Å². The van der Waals surface area contributed by atoms with Crippen LogP contribution in [0.3, 0.4) is 0 Å². The van der Waals surface area contributed by atoms with Gasteiger partial charge in [0.1, 0.15) is 6.04 Å². The molecule has 0 aliphatic carbocycles. The number of thiophene rings is 1. The summed E-state index contributed by atoms with van der Waals surface area (Å²) in [7, 11) is 0. The second-order valence-electron chi connectivity index (χ2n) is 6.65. The molecule has 3 rings (SSSR count). The van der Waals surface area contributed by atoms with E-state index in [9.17, 15) is 9.59 Å². The fraction of sp³-hybridized carbons (Fsp3) is 0.333. The predicted molar refractivity (Wildman–Crippen MR) is 111 cm³/mol. The van der Waals surface area contributed by atoms with E-state index < -0.39 is 0 Å². The smallest absolute Gasteiger partial charge is 0.245 e. The molecule has 142 valence electrons. The van der Waals surface area contributed by atoms with Crippen molar-refractivity contribution in [1.82, 2.24) is 4.90 Å². The molecule has 1 unspecified atom stereocenters. The third-order valence-electron chi connectivity index (χ3n) is 4.59. The molecule has 1 fully saturated rings. The van der Waals surface area contributed by atoms with E-state index in [0.717, 1.165) is 29.2 Å². The van der Waals surface area contributed by atoms with Crippen molar-refractivity contribution in [2.75, 3.05) is 23.3 Å². The van der Waals surface area contributed by atoms with Gasteiger partial charge in [0.15, 0.2) is 0 Å². The Bertz CT molecular complexity index is 786. The summed E-state index contributed by atoms with van der Waals surface area (Å²) in [5.74, 6) is 0.204. The van der Waals surface area contributed by atoms with Crippen LogP contribution in [0.1, 0.15) is 24.6 Å². The average molecular weight is 384 g/mol. The molecule has 1 aromatic heterocycles. The van der Waals surface area contributed by atoms with Crippen LogP contribution in [0, 0.1) is 0 Å². The van der Waals surface area contributed by atoms with Gasteiger partial charge in [-0.3, -0.25) is 9.59 Å². The zero-order chi connectivity index (χ0) is 19.2. The Kier molecular flexibility index (Phi) is 6.29. The van der Waals surface area contributed by atoms with Crippen molar-refractivity contribution in [2.45, 2.75) is 32.4 Å². The average Bonchev–Trinajstić information content (AvgIpc) is 3.33. The van der Waals surface area contributed by atoms with Crippen LogP contribution in [0.4, 0.5) is 11.4 Å². The lowest BCUT2D eigenvalue weighted by atomic mass is 10.2. The van der Waals surface area contributed by atoms with Crippen LogP contribution in [0.5, 0.6) is 0 Å². The number of carbonyl (C=O) groups is 2. The van der Waals surface area contributed by atoms with Crippen LogP contribution in [0.15, 0.2) is 54.4 Å². The molecule has 1 saturated heterocycles. The second-order valence-corrected chi connectivity index (χ2v) is 7.68. The Morgan fingerprint density at radius 2 is 2.15 bits per heavy atom. The highest BCUT2D eigenvalue weighted by Gasteiger charge is 2.22. The zero-order valence-electron chi connectivity index (χ0n) is 15.6. The third kappa shape index (κ3) is 4.77. The molecule has 2 heterocycles. The van der Waals surface area contributed by atoms with Crippen molar-refractivity contribution in [1.29, 1.82) is 0 Å². The summed E-state index contributed by atoms with van der Waals surface area (Å²) in [5.41, 5.74) is 1.77. The molecular formula is C21H25N3O2S. The quantitative estimate of drug-likeness (QED) is 0.704. The molecule has 0 radical (unpaired) electrons. The zero-order valence-corrected chi connectivity index (χ0v) is 16.4. The molecule has 2 amide bonds. The largest absolute Gasteiger partial charge is 0.374 e. The maximum absolute atomic E-state index is 12.9. The van der Waals surface area contributed by atoms with Crippen molar-refractivity contribution in [2.24, 2.45) is 0 Å². The van der Waals surface area contributed by atoms with E-state index in [2.05, 4.69) is 11.9 Å². The lowest BCUT2D eigenvalue weighted by Crippen LogP contribution is -2.41. The minimum atomic E-state index is -0.357. The number of nitrogens with zero attached hydrogens (tertiary/aromatic N) is 2. The van der Waals surface area contributed by atoms with Crippen LogP contribution in [-0.2, 0) is 16.1 Å². The minimum Gasteiger partial charge on any atom is -0.374 e. The topological polar surface area (TPSA) is 52.7 Å². The molecule has 1 aromatic carbocycles. The normalized spacial score (nSPS) is 14.9. The third-order valence-corrected chi connectivity index (χ3v) is 5.46. The molecular weight excluding hydrogens is 358 g/mol. The van der Waals surface area contributed by atoms with Crippen molar-refractivity contribution in [3.8, 4) is 0 Å². The molecule has 27 heavy (non-hydrogen) atoms. The molecule has 1 atom stereocenters. The highest BCUT2D eigenvalue weighted by atomic mass is 32.1. The minimum absolute atomic E-state index is 0.0297. The van der Waals surface area contributed by atoms with Crippen LogP contribution in [0.25, 0.3) is 0 Å². The van der Waals surface area contributed by atoms with E-state index in [1.54, 1.807) is 22.3 Å². The van der Waals surface area contributed by atoms with E-state index in [1.165, 1.54) is 0 Å². The number of hydrogen-bond acceptors (Lipinski definition) is 4. The first kappa shape index (κ1) is 19.2. The summed E-state index contributed by atoms with van der Waals surface area (Å²) in [5, 5.41) is 5.28. The standard InChI is InChI=1S/C21H25N3O2S/c1-3-12-23(15-19-6-5-14-27-19)21(26)16(2)22-17-8-10-18(11-9-17)24-13-4-7-20(24)25/h3,5-6,8-11,14,16,22H,1,4,7,12-13,15H2,2H3. The Labute approximate surface area is 164 Å². The van der Waals surface area contributed by atoms with E-state index in [1.807, 2.05) is 53.6 Å². The highest BCUT2D eigenvalue weighted by Crippen LogP contribution is 2.23. The number of anilines is 2. The number of nitrogens with one attached hydrogen (secondary N) is 1. The van der Waals surface area contributed by atoms with Gasteiger partial charge in [0.2, 0.25) is 11.8 Å². The molecule has 2 aromatic rings. The van der Waals surface area contributed by atoms with Gasteiger partial charge in [-0.15, -0.1) is 17.9 Å². The molecule has 1 N–H and O–H groups in total. The molecule has 6 heteroatoms. The summed E-state index contributed by atoms with van der Waals surface area (Å²) in [4.78, 5) is 29.5. The summed E-state index contributed by atoms with van der Waals surface area (Å²) in [6, 6.07) is 11.4. The van der Waals surface area contributed by atoms with Crippen LogP contribution in [0.2, 0.25) is 0 Å². The number of carbonyl (C=O) groups excluding carboxylic acids is 2. The SMILES string of the molecule is C=CCN(Cc1cccs1)C(=O)C(C)Nc1ccc(N2CCCC2=O)cc1. The van der Waals surface area contributed by atoms with Crippen LogP contribution in [-0.4, -0.2) is 35.8 Å². The van der Waals surface area contributed by atoms with Crippen molar-refractivity contribution >= 4 is 34.5 Å². The lowest BCUT2D eigenvalue weighted by molar-refractivity contribution is -0.131. The second kappa shape index (κ2) is 8.86. The molecule has 1 aliphatic rings. The first-order valence-electron chi connectivity index (χ1n) is 9.17. The Morgan fingerprint density at radius 1 is 1.37 bits per heavy atom. The van der Waals surface area contributed by atoms with E-state index >= 15 is 0 Å². The Balaban J connectivity index is 1.62.